The zero-order valence-electron chi connectivity index (χ0n) is 11.2. The van der Waals surface area contributed by atoms with Crippen LogP contribution in [0.1, 0.15) is 12.8 Å². The molecule has 1 atom stereocenters. The molecule has 0 amide bonds. The first kappa shape index (κ1) is 16.2. The lowest BCUT2D eigenvalue weighted by atomic mass is 10.2. The van der Waals surface area contributed by atoms with Crippen LogP contribution >= 0.6 is 24.0 Å². The molecule has 1 unspecified atom stereocenters. The van der Waals surface area contributed by atoms with Crippen molar-refractivity contribution in [1.29, 1.82) is 0 Å². The molecule has 6 nitrogen and oxygen atoms in total. The molecule has 2 N–H and O–H groups in total. The van der Waals surface area contributed by atoms with E-state index in [-0.39, 0.29) is 24.0 Å². The van der Waals surface area contributed by atoms with Gasteiger partial charge in [0, 0.05) is 39.1 Å². The molecule has 0 radical (unpaired) electrons. The predicted molar refractivity (Wildman–Crippen MR) is 86.0 cm³/mol. The van der Waals surface area contributed by atoms with Crippen molar-refractivity contribution in [2.75, 3.05) is 26.7 Å². The molecule has 1 aromatic rings. The number of hydrogen-bond acceptors (Lipinski definition) is 3. The van der Waals surface area contributed by atoms with Crippen LogP contribution in [0.5, 0.6) is 0 Å². The van der Waals surface area contributed by atoms with E-state index in [4.69, 9.17) is 4.74 Å². The number of guanidine groups is 1. The standard InChI is InChI=1S/C12H21N5O.HI/c1-13-12(15-10-11-4-2-9-18-11)14-6-8-17-7-3-5-16-17;/h3,5,7,11H,2,4,6,8-10H2,1H3,(H2,13,14,15);1H. The van der Waals surface area contributed by atoms with E-state index in [9.17, 15) is 0 Å². The smallest absolute Gasteiger partial charge is 0.191 e. The van der Waals surface area contributed by atoms with Crippen molar-refractivity contribution in [1.82, 2.24) is 20.4 Å². The van der Waals surface area contributed by atoms with Crippen LogP contribution in [0, 0.1) is 0 Å². The van der Waals surface area contributed by atoms with E-state index in [1.165, 1.54) is 0 Å². The zero-order chi connectivity index (χ0) is 12.6. The van der Waals surface area contributed by atoms with E-state index < -0.39 is 0 Å². The Kier molecular flexibility index (Phi) is 7.80. The average molecular weight is 379 g/mol. The molecule has 2 heterocycles. The maximum atomic E-state index is 5.55. The molecule has 0 bridgehead atoms. The van der Waals surface area contributed by atoms with E-state index in [0.29, 0.717) is 6.10 Å². The van der Waals surface area contributed by atoms with Gasteiger partial charge in [-0.2, -0.15) is 5.10 Å². The van der Waals surface area contributed by atoms with Crippen molar-refractivity contribution >= 4 is 29.9 Å². The number of nitrogens with one attached hydrogen (secondary N) is 2. The van der Waals surface area contributed by atoms with Gasteiger partial charge in [0.15, 0.2) is 5.96 Å². The molecule has 1 saturated heterocycles. The fourth-order valence-electron chi connectivity index (χ4n) is 1.96. The van der Waals surface area contributed by atoms with Gasteiger partial charge < -0.3 is 15.4 Å². The molecular weight excluding hydrogens is 357 g/mol. The Hall–Kier alpha value is -0.830. The van der Waals surface area contributed by atoms with Crippen LogP contribution in [0.15, 0.2) is 23.5 Å². The highest BCUT2D eigenvalue weighted by Crippen LogP contribution is 2.10. The van der Waals surface area contributed by atoms with E-state index in [1.807, 2.05) is 16.9 Å². The Labute approximate surface area is 131 Å². The van der Waals surface area contributed by atoms with Crippen LogP contribution in [0.25, 0.3) is 0 Å². The molecule has 108 valence electrons. The van der Waals surface area contributed by atoms with Gasteiger partial charge in [-0.25, -0.2) is 0 Å². The second kappa shape index (κ2) is 9.13. The summed E-state index contributed by atoms with van der Waals surface area (Å²) in [6.07, 6.45) is 6.36. The Morgan fingerprint density at radius 2 is 2.42 bits per heavy atom. The lowest BCUT2D eigenvalue weighted by Crippen LogP contribution is -2.42. The Bertz CT molecular complexity index is 362. The topological polar surface area (TPSA) is 63.5 Å². The fourth-order valence-corrected chi connectivity index (χ4v) is 1.96. The van der Waals surface area contributed by atoms with E-state index in [0.717, 1.165) is 45.0 Å². The zero-order valence-corrected chi connectivity index (χ0v) is 13.5. The van der Waals surface area contributed by atoms with Crippen molar-refractivity contribution in [3.05, 3.63) is 18.5 Å². The summed E-state index contributed by atoms with van der Waals surface area (Å²) in [7, 11) is 1.78. The van der Waals surface area contributed by atoms with Crippen LogP contribution < -0.4 is 10.6 Å². The number of ether oxygens (including phenoxy) is 1. The molecule has 19 heavy (non-hydrogen) atoms. The highest BCUT2D eigenvalue weighted by molar-refractivity contribution is 14.0. The van der Waals surface area contributed by atoms with Gasteiger partial charge in [-0.05, 0) is 18.9 Å². The third kappa shape index (κ3) is 5.77. The van der Waals surface area contributed by atoms with Gasteiger partial charge in [-0.1, -0.05) is 0 Å². The van der Waals surface area contributed by atoms with Gasteiger partial charge in [0.1, 0.15) is 0 Å². The molecule has 1 aromatic heterocycles. The highest BCUT2D eigenvalue weighted by atomic mass is 127. The number of nitrogens with zero attached hydrogens (tertiary/aromatic N) is 3. The second-order valence-corrected chi connectivity index (χ2v) is 4.28. The minimum absolute atomic E-state index is 0. The fraction of sp³-hybridized carbons (Fsp3) is 0.667. The SMILES string of the molecule is CN=C(NCCn1cccn1)NCC1CCCO1.I. The van der Waals surface area contributed by atoms with Crippen molar-refractivity contribution < 1.29 is 4.74 Å². The number of aromatic nitrogens is 2. The van der Waals surface area contributed by atoms with Crippen LogP contribution in [0.3, 0.4) is 0 Å². The third-order valence-corrected chi connectivity index (χ3v) is 2.94. The molecule has 7 heteroatoms. The second-order valence-electron chi connectivity index (χ2n) is 4.28. The number of rotatable bonds is 5. The molecule has 1 aliphatic heterocycles. The first-order chi connectivity index (χ1) is 8.88. The van der Waals surface area contributed by atoms with Gasteiger partial charge in [-0.15, -0.1) is 24.0 Å². The average Bonchev–Trinajstić information content (AvgIpc) is 3.06. The lowest BCUT2D eigenvalue weighted by Gasteiger charge is -2.14. The molecule has 1 aliphatic rings. The van der Waals surface area contributed by atoms with Gasteiger partial charge in [-0.3, -0.25) is 9.67 Å². The number of aliphatic imine (C=N–C) groups is 1. The van der Waals surface area contributed by atoms with Crippen molar-refractivity contribution in [3.63, 3.8) is 0 Å². The minimum Gasteiger partial charge on any atom is -0.376 e. The van der Waals surface area contributed by atoms with Crippen LogP contribution in [-0.2, 0) is 11.3 Å². The molecule has 2 rings (SSSR count). The van der Waals surface area contributed by atoms with Crippen LogP contribution in [0.2, 0.25) is 0 Å². The Balaban J connectivity index is 0.00000180. The Morgan fingerprint density at radius 3 is 3.05 bits per heavy atom. The highest BCUT2D eigenvalue weighted by Gasteiger charge is 2.15. The van der Waals surface area contributed by atoms with Crippen molar-refractivity contribution in [3.8, 4) is 0 Å². The van der Waals surface area contributed by atoms with Crippen LogP contribution in [0.4, 0.5) is 0 Å². The molecule has 0 aliphatic carbocycles. The van der Waals surface area contributed by atoms with E-state index >= 15 is 0 Å². The third-order valence-electron chi connectivity index (χ3n) is 2.94. The summed E-state index contributed by atoms with van der Waals surface area (Å²) >= 11 is 0. The largest absolute Gasteiger partial charge is 0.376 e. The van der Waals surface area contributed by atoms with Crippen LogP contribution in [-0.4, -0.2) is 48.6 Å². The maximum Gasteiger partial charge on any atom is 0.191 e. The first-order valence-electron chi connectivity index (χ1n) is 6.42. The number of halogens is 1. The molecule has 0 spiro atoms. The minimum atomic E-state index is 0. The van der Waals surface area contributed by atoms with E-state index in [2.05, 4.69) is 20.7 Å². The predicted octanol–water partition coefficient (Wildman–Crippen LogP) is 0.845. The van der Waals surface area contributed by atoms with Crippen molar-refractivity contribution in [2.45, 2.75) is 25.5 Å². The molecule has 0 saturated carbocycles. The summed E-state index contributed by atoms with van der Waals surface area (Å²) in [5, 5.41) is 10.7. The summed E-state index contributed by atoms with van der Waals surface area (Å²) in [4.78, 5) is 4.18. The summed E-state index contributed by atoms with van der Waals surface area (Å²) < 4.78 is 7.44. The van der Waals surface area contributed by atoms with Gasteiger partial charge in [0.2, 0.25) is 0 Å². The maximum absolute atomic E-state index is 5.55. The van der Waals surface area contributed by atoms with Gasteiger partial charge in [0.25, 0.3) is 0 Å². The summed E-state index contributed by atoms with van der Waals surface area (Å²) in [5.41, 5.74) is 0. The quantitative estimate of drug-likeness (QED) is 0.452. The normalized spacial score (nSPS) is 19.0. The van der Waals surface area contributed by atoms with Crippen molar-refractivity contribution in [2.24, 2.45) is 4.99 Å². The number of hydrogen-bond donors (Lipinski definition) is 2. The molecule has 1 fully saturated rings. The van der Waals surface area contributed by atoms with E-state index in [1.54, 1.807) is 13.2 Å². The summed E-state index contributed by atoms with van der Waals surface area (Å²) in [5.74, 6) is 0.817. The van der Waals surface area contributed by atoms with Gasteiger partial charge >= 0.3 is 0 Å². The van der Waals surface area contributed by atoms with Gasteiger partial charge in [0.05, 0.1) is 12.6 Å². The lowest BCUT2D eigenvalue weighted by molar-refractivity contribution is 0.114. The monoisotopic (exact) mass is 379 g/mol. The Morgan fingerprint density at radius 1 is 1.53 bits per heavy atom. The molecule has 0 aromatic carbocycles. The summed E-state index contributed by atoms with van der Waals surface area (Å²) in [6, 6.07) is 1.92. The summed E-state index contributed by atoms with van der Waals surface area (Å²) in [6.45, 7) is 3.33. The molecular formula is C12H22IN5O. The first-order valence-corrected chi connectivity index (χ1v) is 6.42.